The highest BCUT2D eigenvalue weighted by molar-refractivity contribution is 7.21. The maximum absolute atomic E-state index is 12.9. The Morgan fingerprint density at radius 2 is 2.06 bits per heavy atom. The third-order valence-corrected chi connectivity index (χ3v) is 6.07. The lowest BCUT2D eigenvalue weighted by Crippen LogP contribution is -2.52. The molecule has 0 bridgehead atoms. The average Bonchev–Trinajstić information content (AvgIpc) is 3.20. The van der Waals surface area contributed by atoms with Crippen LogP contribution in [0.2, 0.25) is 0 Å². The zero-order valence-corrected chi connectivity index (χ0v) is 19.1. The van der Waals surface area contributed by atoms with Crippen LogP contribution in [0.3, 0.4) is 0 Å². The fourth-order valence-corrected chi connectivity index (χ4v) is 4.23. The van der Waals surface area contributed by atoms with E-state index in [4.69, 9.17) is 22.1 Å². The molecule has 0 aliphatic carbocycles. The number of thiazole rings is 1. The number of benzene rings is 1. The molecule has 178 valence electrons. The van der Waals surface area contributed by atoms with Gasteiger partial charge in [-0.05, 0) is 48.8 Å². The van der Waals surface area contributed by atoms with Crippen LogP contribution in [-0.4, -0.2) is 46.9 Å². The number of alkyl halides is 4. The monoisotopic (exact) mass is 501 g/mol. The van der Waals surface area contributed by atoms with Gasteiger partial charge in [-0.3, -0.25) is 4.79 Å². The van der Waals surface area contributed by atoms with Crippen molar-refractivity contribution in [2.24, 2.45) is 0 Å². The van der Waals surface area contributed by atoms with Crippen LogP contribution in [0, 0.1) is 0 Å². The molecule has 33 heavy (non-hydrogen) atoms. The first-order chi connectivity index (χ1) is 15.7. The summed E-state index contributed by atoms with van der Waals surface area (Å²) in [5, 5.41) is 6.16. The summed E-state index contributed by atoms with van der Waals surface area (Å²) >= 11 is 6.72. The van der Waals surface area contributed by atoms with Gasteiger partial charge in [-0.2, -0.15) is 13.2 Å². The summed E-state index contributed by atoms with van der Waals surface area (Å²) in [5.74, 6) is -0.167. The number of fused-ring (bicyclic) bond motifs is 1. The average molecular weight is 502 g/mol. The molecule has 8 nitrogen and oxygen atoms in total. The molecule has 0 spiro atoms. The summed E-state index contributed by atoms with van der Waals surface area (Å²) in [4.78, 5) is 24.1. The van der Waals surface area contributed by atoms with Crippen molar-refractivity contribution < 1.29 is 22.7 Å². The van der Waals surface area contributed by atoms with E-state index in [0.717, 1.165) is 12.1 Å². The fourth-order valence-electron chi connectivity index (χ4n) is 3.52. The first-order valence-corrected chi connectivity index (χ1v) is 11.2. The Morgan fingerprint density at radius 1 is 1.33 bits per heavy atom. The predicted octanol–water partition coefficient (Wildman–Crippen LogP) is 4.42. The number of piperidine rings is 1. The number of nitrogens with zero attached hydrogens (tertiary/aromatic N) is 3. The Morgan fingerprint density at radius 3 is 2.70 bits per heavy atom. The van der Waals surface area contributed by atoms with E-state index in [2.05, 4.69) is 25.6 Å². The number of amides is 1. The number of hydrogen-bond acceptors (Lipinski definition) is 7. The van der Waals surface area contributed by atoms with Crippen LogP contribution in [-0.2, 0) is 16.5 Å². The van der Waals surface area contributed by atoms with Crippen LogP contribution in [0.1, 0.15) is 24.0 Å². The third-order valence-electron chi connectivity index (χ3n) is 5.05. The van der Waals surface area contributed by atoms with Gasteiger partial charge in [0.25, 0.3) is 0 Å². The Bertz CT molecular complexity index is 1100. The van der Waals surface area contributed by atoms with E-state index < -0.39 is 17.3 Å². The van der Waals surface area contributed by atoms with Gasteiger partial charge in [0.1, 0.15) is 17.0 Å². The molecular formula is C20H21ClF3N6O2S-. The van der Waals surface area contributed by atoms with Gasteiger partial charge in [-0.25, -0.2) is 9.97 Å². The minimum absolute atomic E-state index is 0.214. The van der Waals surface area contributed by atoms with Gasteiger partial charge < -0.3 is 26.1 Å². The lowest BCUT2D eigenvalue weighted by Gasteiger charge is -2.39. The molecule has 1 aromatic carbocycles. The zero-order chi connectivity index (χ0) is 24.1. The predicted molar refractivity (Wildman–Crippen MR) is 120 cm³/mol. The van der Waals surface area contributed by atoms with E-state index in [1.54, 1.807) is 6.07 Å². The standard InChI is InChI=1S/C14H16ClF3N2O.C6H5N4OS/c15-9-12(21)20-13(4-6-19-7-5-13)10-2-1-3-11(8-10)14(16,17)18;1-11-4-3-5(9-2-8-4)12-6(7)10-3/h1-3,8,19H,4-7,9H2,(H,20,21);2H,1H3,(H-,7,10)/q;-1. The Kier molecular flexibility index (Phi) is 7.92. The number of carbonyl (C=O) groups excluding carboxylic acids is 1. The smallest absolute Gasteiger partial charge is 0.416 e. The molecule has 1 amide bonds. The number of hydrogen-bond donors (Lipinski definition) is 2. The number of halogens is 4. The Labute approximate surface area is 196 Å². The highest BCUT2D eigenvalue weighted by Gasteiger charge is 2.37. The van der Waals surface area contributed by atoms with Crippen molar-refractivity contribution in [3.63, 3.8) is 0 Å². The van der Waals surface area contributed by atoms with Crippen molar-refractivity contribution in [2.45, 2.75) is 24.6 Å². The van der Waals surface area contributed by atoms with E-state index in [0.29, 0.717) is 47.7 Å². The van der Waals surface area contributed by atoms with Gasteiger partial charge in [0, 0.05) is 0 Å². The van der Waals surface area contributed by atoms with Gasteiger partial charge >= 0.3 is 6.18 Å². The van der Waals surface area contributed by atoms with E-state index in [-0.39, 0.29) is 16.9 Å². The fraction of sp³-hybridized carbons (Fsp3) is 0.400. The van der Waals surface area contributed by atoms with Gasteiger partial charge in [0.15, 0.2) is 0 Å². The molecule has 0 unspecified atom stereocenters. The SMILES string of the molecule is COc1ncnc2sc([NH-])nc12.O=C(CCl)NC1(c2cccc(C(F)(F)F)c2)CCNCC1. The van der Waals surface area contributed by atoms with Crippen LogP contribution in [0.15, 0.2) is 30.6 Å². The van der Waals surface area contributed by atoms with E-state index in [9.17, 15) is 18.0 Å². The minimum atomic E-state index is -4.40. The molecule has 1 aliphatic rings. The van der Waals surface area contributed by atoms with Gasteiger partial charge in [-0.1, -0.05) is 12.1 Å². The molecule has 1 saturated heterocycles. The second-order valence-corrected chi connectivity index (χ2v) is 8.39. The molecular weight excluding hydrogens is 481 g/mol. The van der Waals surface area contributed by atoms with Crippen molar-refractivity contribution in [1.82, 2.24) is 25.6 Å². The normalized spacial score (nSPS) is 15.4. The molecule has 2 aromatic heterocycles. The summed E-state index contributed by atoms with van der Waals surface area (Å²) in [5.41, 5.74) is 6.81. The highest BCUT2D eigenvalue weighted by Crippen LogP contribution is 2.35. The summed E-state index contributed by atoms with van der Waals surface area (Å²) in [7, 11) is 1.52. The summed E-state index contributed by atoms with van der Waals surface area (Å²) in [6.45, 7) is 1.25. The molecule has 0 radical (unpaired) electrons. The number of aromatic nitrogens is 3. The largest absolute Gasteiger partial charge is 0.481 e. The second kappa shape index (κ2) is 10.5. The van der Waals surface area contributed by atoms with Crippen molar-refractivity contribution in [3.05, 3.63) is 47.5 Å². The van der Waals surface area contributed by atoms with Gasteiger partial charge in [0.2, 0.25) is 11.8 Å². The number of carbonyl (C=O) groups is 1. The first-order valence-electron chi connectivity index (χ1n) is 9.81. The minimum Gasteiger partial charge on any atom is -0.481 e. The molecule has 4 rings (SSSR count). The Hall–Kier alpha value is -2.70. The molecule has 3 N–H and O–H groups in total. The summed E-state index contributed by atoms with van der Waals surface area (Å²) < 4.78 is 43.6. The molecule has 3 heterocycles. The van der Waals surface area contributed by atoms with Crippen LogP contribution in [0.5, 0.6) is 5.88 Å². The maximum atomic E-state index is 12.9. The van der Waals surface area contributed by atoms with Crippen molar-refractivity contribution >= 4 is 44.3 Å². The lowest BCUT2D eigenvalue weighted by molar-refractivity contribution is -0.137. The summed E-state index contributed by atoms with van der Waals surface area (Å²) in [6, 6.07) is 5.13. The van der Waals surface area contributed by atoms with Crippen LogP contribution >= 0.6 is 22.9 Å². The molecule has 3 aromatic rings. The zero-order valence-electron chi connectivity index (χ0n) is 17.5. The van der Waals surface area contributed by atoms with Crippen molar-refractivity contribution in [2.75, 3.05) is 26.1 Å². The van der Waals surface area contributed by atoms with Crippen LogP contribution in [0.4, 0.5) is 18.3 Å². The second-order valence-electron chi connectivity index (χ2n) is 7.15. The van der Waals surface area contributed by atoms with E-state index in [1.165, 1.54) is 30.8 Å². The lowest BCUT2D eigenvalue weighted by atomic mass is 9.80. The quantitative estimate of drug-likeness (QED) is 0.512. The van der Waals surface area contributed by atoms with Crippen LogP contribution < -0.4 is 15.4 Å². The van der Waals surface area contributed by atoms with Crippen LogP contribution in [0.25, 0.3) is 16.1 Å². The van der Waals surface area contributed by atoms with Gasteiger partial charge in [0.05, 0.1) is 23.7 Å². The van der Waals surface area contributed by atoms with E-state index in [1.807, 2.05) is 0 Å². The third kappa shape index (κ3) is 6.01. The van der Waals surface area contributed by atoms with Crippen molar-refractivity contribution in [1.29, 1.82) is 0 Å². The molecule has 1 fully saturated rings. The molecule has 0 saturated carbocycles. The van der Waals surface area contributed by atoms with Gasteiger partial charge in [-0.15, -0.1) is 22.9 Å². The van der Waals surface area contributed by atoms with E-state index >= 15 is 0 Å². The highest BCUT2D eigenvalue weighted by atomic mass is 35.5. The molecule has 13 heteroatoms. The topological polar surface area (TPSA) is 113 Å². The number of nitrogens with one attached hydrogen (secondary N) is 3. The first kappa shape index (κ1) is 24.9. The summed E-state index contributed by atoms with van der Waals surface area (Å²) in [6.07, 6.45) is -1.95. The van der Waals surface area contributed by atoms with Crippen molar-refractivity contribution in [3.8, 4) is 5.88 Å². The molecule has 1 aliphatic heterocycles. The number of methoxy groups -OCH3 is 1. The molecule has 0 atom stereocenters. The number of ether oxygens (including phenoxy) is 1. The maximum Gasteiger partial charge on any atom is 0.416 e. The Balaban J connectivity index is 0.000000215. The number of rotatable bonds is 4.